The van der Waals surface area contributed by atoms with E-state index >= 15 is 0 Å². The van der Waals surface area contributed by atoms with E-state index in [9.17, 15) is 0 Å². The Labute approximate surface area is 81.3 Å². The van der Waals surface area contributed by atoms with Gasteiger partial charge in [0.15, 0.2) is 0 Å². The molecule has 0 unspecified atom stereocenters. The quantitative estimate of drug-likeness (QED) is 0.846. The molecule has 0 saturated carbocycles. The molecule has 66 valence electrons. The van der Waals surface area contributed by atoms with Gasteiger partial charge in [-0.25, -0.2) is 0 Å². The minimum Gasteiger partial charge on any atom is -0.323 e. The molecule has 12 heavy (non-hydrogen) atoms. The van der Waals surface area contributed by atoms with E-state index in [1.165, 1.54) is 0 Å². The summed E-state index contributed by atoms with van der Waals surface area (Å²) in [5, 5.41) is 0. The third kappa shape index (κ3) is 2.05. The maximum absolute atomic E-state index is 5.87. The van der Waals surface area contributed by atoms with Gasteiger partial charge in [-0.15, -0.1) is 0 Å². The Bertz CT molecular complexity index is 273. The molecule has 1 heterocycles. The van der Waals surface area contributed by atoms with Crippen LogP contribution in [0.2, 0.25) is 0 Å². The number of aromatic nitrogens is 1. The minimum absolute atomic E-state index is 0.0677. The Morgan fingerprint density at radius 1 is 1.67 bits per heavy atom. The van der Waals surface area contributed by atoms with Crippen LogP contribution in [-0.4, -0.2) is 4.98 Å². The Hall–Kier alpha value is -0.410. The highest BCUT2D eigenvalue weighted by Gasteiger charge is 2.07. The van der Waals surface area contributed by atoms with Crippen molar-refractivity contribution >= 4 is 15.9 Å². The molecule has 3 heteroatoms. The highest BCUT2D eigenvalue weighted by molar-refractivity contribution is 9.10. The lowest BCUT2D eigenvalue weighted by atomic mass is 10.1. The monoisotopic (exact) mass is 228 g/mol. The Kier molecular flexibility index (Phi) is 3.23. The van der Waals surface area contributed by atoms with Crippen LogP contribution in [0.4, 0.5) is 0 Å². The molecule has 0 saturated heterocycles. The zero-order chi connectivity index (χ0) is 9.14. The second-order valence-corrected chi connectivity index (χ2v) is 3.79. The fourth-order valence-electron chi connectivity index (χ4n) is 1.13. The van der Waals surface area contributed by atoms with Crippen LogP contribution in [0.3, 0.4) is 0 Å². The fraction of sp³-hybridized carbons (Fsp3) is 0.444. The van der Waals surface area contributed by atoms with E-state index in [1.54, 1.807) is 6.20 Å². The molecule has 1 rings (SSSR count). The standard InChI is InChI=1S/C9H13BrN2/c1-3-8(11)9-6(2)4-7(10)5-12-9/h4-5,8H,3,11H2,1-2H3/t8-/m0/s1. The first kappa shape index (κ1) is 9.68. The molecule has 2 N–H and O–H groups in total. The molecule has 0 aliphatic heterocycles. The van der Waals surface area contributed by atoms with Crippen LogP contribution >= 0.6 is 15.9 Å². The van der Waals surface area contributed by atoms with E-state index in [0.29, 0.717) is 0 Å². The maximum atomic E-state index is 5.87. The molecule has 0 bridgehead atoms. The Morgan fingerprint density at radius 2 is 2.33 bits per heavy atom. The smallest absolute Gasteiger partial charge is 0.0600 e. The number of pyridine rings is 1. The normalized spacial score (nSPS) is 13.0. The van der Waals surface area contributed by atoms with Crippen LogP contribution in [0.15, 0.2) is 16.7 Å². The van der Waals surface area contributed by atoms with Crippen LogP contribution in [0.5, 0.6) is 0 Å². The predicted molar refractivity (Wildman–Crippen MR) is 53.9 cm³/mol. The molecule has 0 aliphatic carbocycles. The third-order valence-corrected chi connectivity index (χ3v) is 2.31. The lowest BCUT2D eigenvalue weighted by Crippen LogP contribution is -2.12. The number of hydrogen-bond donors (Lipinski definition) is 1. The van der Waals surface area contributed by atoms with Gasteiger partial charge in [0.2, 0.25) is 0 Å². The first-order valence-electron chi connectivity index (χ1n) is 4.02. The van der Waals surface area contributed by atoms with Gasteiger partial charge in [0.05, 0.1) is 5.69 Å². The number of aryl methyl sites for hydroxylation is 1. The summed E-state index contributed by atoms with van der Waals surface area (Å²) in [6.45, 7) is 4.09. The van der Waals surface area contributed by atoms with Crippen molar-refractivity contribution in [1.82, 2.24) is 4.98 Å². The van der Waals surface area contributed by atoms with Crippen molar-refractivity contribution in [2.24, 2.45) is 5.73 Å². The molecule has 1 aromatic heterocycles. The van der Waals surface area contributed by atoms with E-state index in [1.807, 2.05) is 13.0 Å². The summed E-state index contributed by atoms with van der Waals surface area (Å²) < 4.78 is 1.01. The van der Waals surface area contributed by atoms with Gasteiger partial charge in [0.25, 0.3) is 0 Å². The van der Waals surface area contributed by atoms with Crippen molar-refractivity contribution in [3.63, 3.8) is 0 Å². The van der Waals surface area contributed by atoms with Crippen LogP contribution in [0.1, 0.15) is 30.6 Å². The average molecular weight is 229 g/mol. The van der Waals surface area contributed by atoms with Gasteiger partial charge in [0.1, 0.15) is 0 Å². The second-order valence-electron chi connectivity index (χ2n) is 2.87. The van der Waals surface area contributed by atoms with Crippen LogP contribution in [0, 0.1) is 6.92 Å². The number of rotatable bonds is 2. The van der Waals surface area contributed by atoms with Crippen LogP contribution in [0.25, 0.3) is 0 Å². The van der Waals surface area contributed by atoms with Crippen molar-refractivity contribution < 1.29 is 0 Å². The summed E-state index contributed by atoms with van der Waals surface area (Å²) in [5.41, 5.74) is 8.02. The molecular formula is C9H13BrN2. The highest BCUT2D eigenvalue weighted by Crippen LogP contribution is 2.18. The molecule has 1 atom stereocenters. The first-order chi connectivity index (χ1) is 5.65. The predicted octanol–water partition coefficient (Wildman–Crippen LogP) is 2.56. The van der Waals surface area contributed by atoms with Crippen molar-refractivity contribution in [2.45, 2.75) is 26.3 Å². The van der Waals surface area contributed by atoms with E-state index in [2.05, 4.69) is 27.8 Å². The van der Waals surface area contributed by atoms with Gasteiger partial charge in [-0.1, -0.05) is 6.92 Å². The highest BCUT2D eigenvalue weighted by atomic mass is 79.9. The van der Waals surface area contributed by atoms with Crippen LogP contribution in [-0.2, 0) is 0 Å². The Balaban J connectivity index is 3.01. The van der Waals surface area contributed by atoms with Gasteiger partial charge >= 0.3 is 0 Å². The lowest BCUT2D eigenvalue weighted by molar-refractivity contribution is 0.669. The van der Waals surface area contributed by atoms with E-state index < -0.39 is 0 Å². The number of nitrogens with two attached hydrogens (primary N) is 1. The summed E-state index contributed by atoms with van der Waals surface area (Å²) in [5.74, 6) is 0. The van der Waals surface area contributed by atoms with E-state index in [-0.39, 0.29) is 6.04 Å². The molecule has 2 nitrogen and oxygen atoms in total. The first-order valence-corrected chi connectivity index (χ1v) is 4.82. The van der Waals surface area contributed by atoms with E-state index in [0.717, 1.165) is 22.2 Å². The van der Waals surface area contributed by atoms with Crippen molar-refractivity contribution in [3.05, 3.63) is 28.0 Å². The number of hydrogen-bond acceptors (Lipinski definition) is 2. The zero-order valence-corrected chi connectivity index (χ0v) is 8.93. The summed E-state index contributed by atoms with van der Waals surface area (Å²) in [7, 11) is 0. The van der Waals surface area contributed by atoms with Gasteiger partial charge in [-0.2, -0.15) is 0 Å². The van der Waals surface area contributed by atoms with Crippen molar-refractivity contribution in [2.75, 3.05) is 0 Å². The topological polar surface area (TPSA) is 38.9 Å². The largest absolute Gasteiger partial charge is 0.323 e. The molecular weight excluding hydrogens is 216 g/mol. The van der Waals surface area contributed by atoms with Gasteiger partial charge in [-0.05, 0) is 40.9 Å². The summed E-state index contributed by atoms with van der Waals surface area (Å²) in [6, 6.07) is 2.11. The molecule has 0 aromatic carbocycles. The van der Waals surface area contributed by atoms with Gasteiger partial charge < -0.3 is 5.73 Å². The molecule has 0 spiro atoms. The SMILES string of the molecule is CC[C@H](N)c1ncc(Br)cc1C. The second kappa shape index (κ2) is 4.01. The molecule has 0 radical (unpaired) electrons. The minimum atomic E-state index is 0.0677. The molecule has 0 aliphatic rings. The molecule has 0 amide bonds. The third-order valence-electron chi connectivity index (χ3n) is 1.88. The Morgan fingerprint density at radius 3 is 2.83 bits per heavy atom. The summed E-state index contributed by atoms with van der Waals surface area (Å²) >= 11 is 3.36. The van der Waals surface area contributed by atoms with Gasteiger partial charge in [-0.3, -0.25) is 4.98 Å². The summed E-state index contributed by atoms with van der Waals surface area (Å²) in [6.07, 6.45) is 2.72. The molecule has 0 fully saturated rings. The number of nitrogens with zero attached hydrogens (tertiary/aromatic N) is 1. The van der Waals surface area contributed by atoms with Crippen LogP contribution < -0.4 is 5.73 Å². The van der Waals surface area contributed by atoms with Crippen molar-refractivity contribution in [3.8, 4) is 0 Å². The van der Waals surface area contributed by atoms with Crippen molar-refractivity contribution in [1.29, 1.82) is 0 Å². The molecule has 1 aromatic rings. The zero-order valence-electron chi connectivity index (χ0n) is 7.34. The van der Waals surface area contributed by atoms with Gasteiger partial charge in [0, 0.05) is 16.7 Å². The fourth-order valence-corrected chi connectivity index (χ4v) is 1.58. The lowest BCUT2D eigenvalue weighted by Gasteiger charge is -2.10. The number of halogens is 1. The summed E-state index contributed by atoms with van der Waals surface area (Å²) in [4.78, 5) is 4.28. The average Bonchev–Trinajstić information content (AvgIpc) is 2.03. The maximum Gasteiger partial charge on any atom is 0.0600 e. The van der Waals surface area contributed by atoms with E-state index in [4.69, 9.17) is 5.73 Å².